The van der Waals surface area contributed by atoms with Crippen LogP contribution in [0.1, 0.15) is 22.9 Å². The topological polar surface area (TPSA) is 71.3 Å². The zero-order valence-electron chi connectivity index (χ0n) is 16.2. The Bertz CT molecular complexity index is 889. The molecule has 1 aromatic carbocycles. The molecule has 2 aliphatic heterocycles. The van der Waals surface area contributed by atoms with Crippen LogP contribution in [-0.2, 0) is 14.3 Å². The normalized spacial score (nSPS) is 22.3. The van der Waals surface area contributed by atoms with Crippen molar-refractivity contribution in [3.63, 3.8) is 0 Å². The Balaban J connectivity index is 1.60. The van der Waals surface area contributed by atoms with Crippen LogP contribution >= 0.6 is 11.3 Å². The second-order valence-corrected chi connectivity index (χ2v) is 8.32. The quantitative estimate of drug-likeness (QED) is 0.428. The molecule has 0 saturated carbocycles. The van der Waals surface area contributed by atoms with Gasteiger partial charge in [0.05, 0.1) is 31.4 Å². The molecule has 2 aliphatic rings. The van der Waals surface area contributed by atoms with E-state index in [1.807, 2.05) is 23.6 Å². The molecule has 7 heteroatoms. The average Bonchev–Trinajstić information content (AvgIpc) is 3.37. The minimum absolute atomic E-state index is 0.108. The smallest absolute Gasteiger partial charge is 0.295 e. The van der Waals surface area contributed by atoms with Gasteiger partial charge >= 0.3 is 0 Å². The molecule has 0 bridgehead atoms. The average molecular weight is 414 g/mol. The Morgan fingerprint density at radius 3 is 2.59 bits per heavy atom. The van der Waals surface area contributed by atoms with Crippen molar-refractivity contribution in [3.05, 3.63) is 63.9 Å². The summed E-state index contributed by atoms with van der Waals surface area (Å²) in [5.74, 6) is -1.25. The summed E-state index contributed by atoms with van der Waals surface area (Å²) in [6, 6.07) is 12.2. The molecule has 2 fully saturated rings. The number of amides is 1. The van der Waals surface area contributed by atoms with Crippen LogP contribution in [0.3, 0.4) is 0 Å². The molecule has 2 saturated heterocycles. The van der Waals surface area contributed by atoms with Crippen LogP contribution in [0.5, 0.6) is 0 Å². The number of carbonyl (C=O) groups excluding carboxylic acids is 2. The fourth-order valence-corrected chi connectivity index (χ4v) is 4.86. The van der Waals surface area contributed by atoms with Crippen molar-refractivity contribution in [2.75, 3.05) is 39.4 Å². The van der Waals surface area contributed by atoms with Crippen molar-refractivity contribution in [1.82, 2.24) is 4.90 Å². The highest BCUT2D eigenvalue weighted by atomic mass is 32.1. The van der Waals surface area contributed by atoms with E-state index in [0.717, 1.165) is 44.1 Å². The van der Waals surface area contributed by atoms with Gasteiger partial charge in [-0.2, -0.15) is 0 Å². The first-order chi connectivity index (χ1) is 14.2. The van der Waals surface area contributed by atoms with Crippen LogP contribution in [0.4, 0.5) is 0 Å². The molecule has 0 aliphatic carbocycles. The summed E-state index contributed by atoms with van der Waals surface area (Å²) >= 11 is 1.49. The zero-order chi connectivity index (χ0) is 20.2. The largest absolute Gasteiger partial charge is 0.507 e. The van der Waals surface area contributed by atoms with Gasteiger partial charge in [0.25, 0.3) is 11.7 Å². The van der Waals surface area contributed by atoms with Gasteiger partial charge in [-0.1, -0.05) is 36.4 Å². The minimum atomic E-state index is -0.608. The maximum absolute atomic E-state index is 12.9. The molecule has 1 atom stereocenters. The number of quaternary nitrogens is 1. The van der Waals surface area contributed by atoms with Gasteiger partial charge in [-0.15, -0.1) is 11.3 Å². The van der Waals surface area contributed by atoms with Crippen molar-refractivity contribution in [2.45, 2.75) is 12.5 Å². The summed E-state index contributed by atoms with van der Waals surface area (Å²) in [4.78, 5) is 29.7. The molecule has 152 valence electrons. The molecule has 1 aromatic heterocycles. The summed E-state index contributed by atoms with van der Waals surface area (Å²) < 4.78 is 5.40. The second-order valence-electron chi connectivity index (χ2n) is 7.34. The fourth-order valence-electron chi connectivity index (χ4n) is 4.01. The van der Waals surface area contributed by atoms with Crippen molar-refractivity contribution >= 4 is 28.8 Å². The number of aliphatic hydroxyl groups is 1. The molecule has 0 spiro atoms. The zero-order valence-corrected chi connectivity index (χ0v) is 17.0. The SMILES string of the molecule is O=C1C(=O)N(CCC[NH+]2CCOCC2)[C@@H](c2cccs2)/C1=C(\O)c1ccccc1. The van der Waals surface area contributed by atoms with E-state index in [1.165, 1.54) is 16.2 Å². The fraction of sp³-hybridized carbons (Fsp3) is 0.364. The monoisotopic (exact) mass is 413 g/mol. The van der Waals surface area contributed by atoms with Gasteiger partial charge in [0, 0.05) is 23.4 Å². The summed E-state index contributed by atoms with van der Waals surface area (Å²) in [5, 5.41) is 12.8. The van der Waals surface area contributed by atoms with E-state index in [9.17, 15) is 14.7 Å². The first kappa shape index (κ1) is 19.8. The summed E-state index contributed by atoms with van der Waals surface area (Å²) in [5.41, 5.74) is 0.729. The first-order valence-electron chi connectivity index (χ1n) is 9.95. The highest BCUT2D eigenvalue weighted by Gasteiger charge is 2.46. The predicted octanol–water partition coefficient (Wildman–Crippen LogP) is 1.48. The summed E-state index contributed by atoms with van der Waals surface area (Å²) in [6.45, 7) is 4.91. The highest BCUT2D eigenvalue weighted by molar-refractivity contribution is 7.10. The summed E-state index contributed by atoms with van der Waals surface area (Å²) in [6.07, 6.45) is 0.801. The molecule has 0 radical (unpaired) electrons. The van der Waals surface area contributed by atoms with E-state index < -0.39 is 17.7 Å². The number of morpholine rings is 1. The van der Waals surface area contributed by atoms with E-state index in [1.54, 1.807) is 29.2 Å². The van der Waals surface area contributed by atoms with Crippen molar-refractivity contribution in [3.8, 4) is 0 Å². The number of hydrogen-bond acceptors (Lipinski definition) is 5. The lowest BCUT2D eigenvalue weighted by Gasteiger charge is -2.27. The number of aliphatic hydroxyl groups excluding tert-OH is 1. The van der Waals surface area contributed by atoms with E-state index in [-0.39, 0.29) is 11.3 Å². The molecule has 2 N–H and O–H groups in total. The maximum atomic E-state index is 12.9. The highest BCUT2D eigenvalue weighted by Crippen LogP contribution is 2.40. The molecule has 0 unspecified atom stereocenters. The number of carbonyl (C=O) groups is 2. The van der Waals surface area contributed by atoms with Gasteiger partial charge in [-0.25, -0.2) is 0 Å². The van der Waals surface area contributed by atoms with E-state index in [4.69, 9.17) is 4.74 Å². The van der Waals surface area contributed by atoms with Crippen LogP contribution in [0.25, 0.3) is 5.76 Å². The van der Waals surface area contributed by atoms with Gasteiger partial charge in [-0.05, 0) is 11.4 Å². The second kappa shape index (κ2) is 8.90. The Morgan fingerprint density at radius 1 is 1.14 bits per heavy atom. The number of ether oxygens (including phenoxy) is 1. The number of nitrogens with one attached hydrogen (secondary N) is 1. The van der Waals surface area contributed by atoms with Gasteiger partial charge in [0.2, 0.25) is 0 Å². The number of likely N-dealkylation sites (tertiary alicyclic amines) is 1. The minimum Gasteiger partial charge on any atom is -0.507 e. The standard InChI is InChI=1S/C22H24N2O4S/c25-20(16-6-2-1-3-7-16)18-19(17-8-4-15-29-17)24(22(27)21(18)26)10-5-9-23-11-13-28-14-12-23/h1-4,6-8,15,19,25H,5,9-14H2/p+1/b20-18+/t19-/m0/s1. The molecule has 29 heavy (non-hydrogen) atoms. The predicted molar refractivity (Wildman–Crippen MR) is 111 cm³/mol. The number of thiophene rings is 1. The number of benzene rings is 1. The molecule has 4 rings (SSSR count). The number of ketones is 1. The third-order valence-electron chi connectivity index (χ3n) is 5.53. The Morgan fingerprint density at radius 2 is 1.90 bits per heavy atom. The van der Waals surface area contributed by atoms with Crippen molar-refractivity contribution in [2.24, 2.45) is 0 Å². The summed E-state index contributed by atoms with van der Waals surface area (Å²) in [7, 11) is 0. The van der Waals surface area contributed by atoms with E-state index in [0.29, 0.717) is 12.1 Å². The van der Waals surface area contributed by atoms with Crippen LogP contribution in [0, 0.1) is 0 Å². The number of nitrogens with zero attached hydrogens (tertiary/aromatic N) is 1. The molecular formula is C22H25N2O4S+. The Hall–Kier alpha value is -2.48. The van der Waals surface area contributed by atoms with Crippen LogP contribution in [0.15, 0.2) is 53.4 Å². The third kappa shape index (κ3) is 4.12. The number of hydrogen-bond donors (Lipinski definition) is 2. The lowest BCUT2D eigenvalue weighted by atomic mass is 10.00. The number of Topliss-reactive ketones (excluding diaryl/α,β-unsaturated/α-hetero) is 1. The molecule has 1 amide bonds. The molecule has 3 heterocycles. The maximum Gasteiger partial charge on any atom is 0.295 e. The lowest BCUT2D eigenvalue weighted by molar-refractivity contribution is -0.908. The molecule has 2 aromatic rings. The van der Waals surface area contributed by atoms with Gasteiger partial charge in [-0.3, -0.25) is 9.59 Å². The van der Waals surface area contributed by atoms with Crippen LogP contribution in [-0.4, -0.2) is 61.1 Å². The van der Waals surface area contributed by atoms with Crippen molar-refractivity contribution < 1.29 is 24.3 Å². The molecule has 6 nitrogen and oxygen atoms in total. The third-order valence-corrected chi connectivity index (χ3v) is 6.45. The van der Waals surface area contributed by atoms with Crippen LogP contribution < -0.4 is 4.90 Å². The molecular weight excluding hydrogens is 388 g/mol. The van der Waals surface area contributed by atoms with Crippen molar-refractivity contribution in [1.29, 1.82) is 0 Å². The van der Waals surface area contributed by atoms with Gasteiger partial charge in [0.1, 0.15) is 18.8 Å². The van der Waals surface area contributed by atoms with E-state index >= 15 is 0 Å². The Kier molecular flexibility index (Phi) is 6.08. The Labute approximate surface area is 174 Å². The number of rotatable bonds is 6. The van der Waals surface area contributed by atoms with Crippen LogP contribution in [0.2, 0.25) is 0 Å². The van der Waals surface area contributed by atoms with Gasteiger partial charge < -0.3 is 19.6 Å². The first-order valence-corrected chi connectivity index (χ1v) is 10.8. The lowest BCUT2D eigenvalue weighted by Crippen LogP contribution is -3.14. The van der Waals surface area contributed by atoms with Gasteiger partial charge in [0.15, 0.2) is 0 Å². The van der Waals surface area contributed by atoms with E-state index in [2.05, 4.69) is 0 Å².